The van der Waals surface area contributed by atoms with E-state index in [0.717, 1.165) is 0 Å². The fraction of sp³-hybridized carbons (Fsp3) is 0.667. The van der Waals surface area contributed by atoms with Gasteiger partial charge in [0.1, 0.15) is 30.1 Å². The molecule has 1 fully saturated rings. The zero-order chi connectivity index (χ0) is 22.3. The molecule has 0 bridgehead atoms. The van der Waals surface area contributed by atoms with Gasteiger partial charge in [0.2, 0.25) is 0 Å². The molecule has 11 nitrogen and oxygen atoms in total. The van der Waals surface area contributed by atoms with E-state index in [1.165, 1.54) is 6.33 Å². The number of hydrogen-bond donors (Lipinski definition) is 2. The number of nitrogens with zero attached hydrogens (tertiary/aromatic N) is 4. The van der Waals surface area contributed by atoms with Crippen molar-refractivity contribution in [2.45, 2.75) is 50.4 Å². The quantitative estimate of drug-likeness (QED) is 0.179. The number of imidazole rings is 1. The van der Waals surface area contributed by atoms with Crippen molar-refractivity contribution in [3.8, 4) is 0 Å². The lowest BCUT2D eigenvalue weighted by Gasteiger charge is -2.20. The molecule has 0 radical (unpaired) electrons. The maximum absolute atomic E-state index is 8.63. The van der Waals surface area contributed by atoms with Crippen LogP contribution in [0.4, 0.5) is 5.82 Å². The predicted octanol–water partition coefficient (Wildman–Crippen LogP) is 3.79. The van der Waals surface area contributed by atoms with E-state index in [0.29, 0.717) is 35.9 Å². The van der Waals surface area contributed by atoms with Crippen LogP contribution in [0.3, 0.4) is 0 Å². The number of hydrogen-bond acceptors (Lipinski definition) is 12. The zero-order valence-electron chi connectivity index (χ0n) is 17.2. The highest BCUT2D eigenvalue weighted by Crippen LogP contribution is 2.39. The van der Waals surface area contributed by atoms with Gasteiger partial charge >= 0.3 is 0 Å². The van der Waals surface area contributed by atoms with Crippen LogP contribution in [0.2, 0.25) is 0 Å². The van der Waals surface area contributed by atoms with E-state index in [9.17, 15) is 0 Å². The summed E-state index contributed by atoms with van der Waals surface area (Å²) in [5.74, 6) is 0.861. The minimum Gasteiger partial charge on any atom is -0.382 e. The van der Waals surface area contributed by atoms with Gasteiger partial charge in [-0.15, -0.1) is 0 Å². The lowest BCUT2D eigenvalue weighted by Crippen LogP contribution is -2.28. The molecule has 0 saturated carbocycles. The van der Waals surface area contributed by atoms with E-state index in [2.05, 4.69) is 35.7 Å². The van der Waals surface area contributed by atoms with Crippen LogP contribution < -0.4 is 5.73 Å². The Balaban J connectivity index is 1.60. The third-order valence-electron chi connectivity index (χ3n) is 3.99. The molecule has 31 heavy (non-hydrogen) atoms. The van der Waals surface area contributed by atoms with E-state index in [1.807, 2.05) is 4.57 Å². The van der Waals surface area contributed by atoms with Gasteiger partial charge in [-0.05, 0) is 0 Å². The zero-order valence-corrected chi connectivity index (χ0v) is 21.8. The van der Waals surface area contributed by atoms with Crippen molar-refractivity contribution in [1.82, 2.24) is 19.5 Å². The Bertz CT molecular complexity index is 832. The molecule has 1 aliphatic rings. The van der Waals surface area contributed by atoms with E-state index in [4.69, 9.17) is 33.2 Å². The number of nitrogens with two attached hydrogens (primary N) is 1. The van der Waals surface area contributed by atoms with Gasteiger partial charge in [-0.1, -0.05) is 42.4 Å². The number of ether oxygens (including phenoxy) is 2. The van der Waals surface area contributed by atoms with Gasteiger partial charge in [0.05, 0.1) is 19.0 Å². The molecular weight excluding hydrogens is 503 g/mol. The minimum absolute atomic E-state index is 0.150. The monoisotopic (exact) mass is 529 g/mol. The second-order valence-corrected chi connectivity index (χ2v) is 12.9. The molecule has 0 amide bonds. The van der Waals surface area contributed by atoms with Crippen molar-refractivity contribution >= 4 is 65.7 Å². The van der Waals surface area contributed by atoms with Crippen molar-refractivity contribution in [2.75, 3.05) is 18.3 Å². The fourth-order valence-electron chi connectivity index (χ4n) is 2.80. The summed E-state index contributed by atoms with van der Waals surface area (Å²) in [4.78, 5) is 21.2. The normalized spacial score (nSPS) is 23.0. The van der Waals surface area contributed by atoms with E-state index in [-0.39, 0.29) is 41.3 Å². The maximum Gasteiger partial charge on any atom is 0.167 e. The molecular formula is C15H26N5O6P3S2. The first kappa shape index (κ1) is 25.7. The summed E-state index contributed by atoms with van der Waals surface area (Å²) in [5.41, 5.74) is 7.06. The molecule has 1 saturated heterocycles. The number of rotatable bonds is 12. The molecule has 0 aliphatic carbocycles. The molecule has 0 aromatic carbocycles. The van der Waals surface area contributed by atoms with Gasteiger partial charge in [0.25, 0.3) is 0 Å². The maximum atomic E-state index is 8.63. The van der Waals surface area contributed by atoms with E-state index in [1.54, 1.807) is 27.9 Å². The smallest absolute Gasteiger partial charge is 0.167 e. The van der Waals surface area contributed by atoms with Crippen LogP contribution in [0, 0.1) is 0 Å². The molecule has 2 aromatic rings. The van der Waals surface area contributed by atoms with Crippen LogP contribution >= 0.6 is 48.7 Å². The van der Waals surface area contributed by atoms with Crippen molar-refractivity contribution < 1.29 is 27.5 Å². The Kier molecular flexibility index (Phi) is 10.4. The lowest BCUT2D eigenvalue weighted by atomic mass is 10.2. The van der Waals surface area contributed by atoms with Gasteiger partial charge in [0.15, 0.2) is 38.6 Å². The molecule has 174 valence electrons. The largest absolute Gasteiger partial charge is 0.382 e. The summed E-state index contributed by atoms with van der Waals surface area (Å²) < 4.78 is 29.9. The molecule has 2 aromatic heterocycles. The van der Waals surface area contributed by atoms with Crippen LogP contribution in [-0.2, 0) is 22.6 Å². The summed E-state index contributed by atoms with van der Waals surface area (Å²) in [6.07, 6.45) is 2.91. The second-order valence-electron chi connectivity index (χ2n) is 7.36. The first-order valence-electron chi connectivity index (χ1n) is 9.22. The Morgan fingerprint density at radius 3 is 2.90 bits per heavy atom. The summed E-state index contributed by atoms with van der Waals surface area (Å²) in [5, 5.41) is 0. The highest BCUT2D eigenvalue weighted by atomic mass is 33.1. The summed E-state index contributed by atoms with van der Waals surface area (Å²) in [7, 11) is 2.36. The van der Waals surface area contributed by atoms with Gasteiger partial charge in [0, 0.05) is 11.2 Å². The van der Waals surface area contributed by atoms with E-state index < -0.39 is 9.03 Å². The van der Waals surface area contributed by atoms with Gasteiger partial charge < -0.3 is 24.6 Å². The highest BCUT2D eigenvalue weighted by molar-refractivity contribution is 8.77. The Labute approximate surface area is 193 Å². The van der Waals surface area contributed by atoms with Gasteiger partial charge in [-0.25, -0.2) is 15.0 Å². The average Bonchev–Trinajstić information content (AvgIpc) is 3.32. The highest BCUT2D eigenvalue weighted by Gasteiger charge is 2.38. The Morgan fingerprint density at radius 1 is 1.29 bits per heavy atom. The number of aromatic nitrogens is 4. The number of fused-ring (bicyclic) bond motifs is 1. The molecule has 6 atom stereocenters. The Hall–Kier alpha value is 0.1000. The number of nitrogen functional groups attached to an aromatic ring is 1. The third kappa shape index (κ3) is 7.83. The average molecular weight is 529 g/mol. The lowest BCUT2D eigenvalue weighted by molar-refractivity contribution is -0.0471. The van der Waals surface area contributed by atoms with E-state index >= 15 is 0 Å². The van der Waals surface area contributed by atoms with Crippen LogP contribution in [0.15, 0.2) is 12.7 Å². The van der Waals surface area contributed by atoms with Crippen molar-refractivity contribution in [2.24, 2.45) is 0 Å². The summed E-state index contributed by atoms with van der Waals surface area (Å²) in [6.45, 7) is 6.79. The molecule has 3 rings (SSSR count). The SMILES string of the molecule is CC(C)(C)SSCOC1C[C@H](n2cnc3c(N)ncnc32)O[C@@H]1COPOPOPO. The minimum atomic E-state index is -0.600. The van der Waals surface area contributed by atoms with Crippen LogP contribution in [0.25, 0.3) is 11.2 Å². The van der Waals surface area contributed by atoms with Crippen LogP contribution in [0.5, 0.6) is 0 Å². The summed E-state index contributed by atoms with van der Waals surface area (Å²) in [6, 6.07) is 0. The standard InChI is InChI=1S/C15H26N5O6P3S2/c1-15(2,3)31-30-8-22-9-4-11(24-10(9)5-23-28-26-29-25-27-21)20-7-19-12-13(16)17-6-18-14(12)20/h6-7,9-11,21,27-29H,4-5,8H2,1-3H3,(H2,16,17,18)/t9?,10-,11-/m1/s1. The summed E-state index contributed by atoms with van der Waals surface area (Å²) >= 11 is 0. The molecule has 16 heteroatoms. The van der Waals surface area contributed by atoms with Crippen LogP contribution in [0.1, 0.15) is 33.4 Å². The third-order valence-corrected chi connectivity index (χ3v) is 8.64. The first-order chi connectivity index (χ1) is 14.9. The first-order valence-corrected chi connectivity index (χ1v) is 14.0. The molecule has 3 N–H and O–H groups in total. The van der Waals surface area contributed by atoms with Gasteiger partial charge in [-0.3, -0.25) is 13.2 Å². The molecule has 0 spiro atoms. The van der Waals surface area contributed by atoms with Crippen molar-refractivity contribution in [1.29, 1.82) is 0 Å². The topological polar surface area (TPSA) is 136 Å². The Morgan fingerprint density at radius 2 is 2.13 bits per heavy atom. The number of anilines is 1. The predicted molar refractivity (Wildman–Crippen MR) is 128 cm³/mol. The van der Waals surface area contributed by atoms with Crippen molar-refractivity contribution in [3.63, 3.8) is 0 Å². The molecule has 4 unspecified atom stereocenters. The van der Waals surface area contributed by atoms with Gasteiger partial charge in [-0.2, -0.15) is 0 Å². The molecule has 1 aliphatic heterocycles. The fourth-order valence-corrected chi connectivity index (χ4v) is 6.09. The molecule has 3 heterocycles. The van der Waals surface area contributed by atoms with Crippen LogP contribution in [-0.4, -0.2) is 53.9 Å². The van der Waals surface area contributed by atoms with Crippen molar-refractivity contribution in [3.05, 3.63) is 12.7 Å². The second kappa shape index (κ2) is 12.5.